The molecule has 0 amide bonds. The Labute approximate surface area is 112 Å². The van der Waals surface area contributed by atoms with E-state index in [4.69, 9.17) is 9.47 Å². The van der Waals surface area contributed by atoms with Gasteiger partial charge in [0.25, 0.3) is 0 Å². The van der Waals surface area contributed by atoms with Gasteiger partial charge in [-0.25, -0.2) is 9.78 Å². The van der Waals surface area contributed by atoms with Gasteiger partial charge in [-0.1, -0.05) is 25.1 Å². The molecule has 100 valence electrons. The molecule has 0 fully saturated rings. The van der Waals surface area contributed by atoms with E-state index in [1.165, 1.54) is 0 Å². The number of fused-ring (bicyclic) bond motifs is 1. The van der Waals surface area contributed by atoms with Crippen LogP contribution >= 0.6 is 0 Å². The van der Waals surface area contributed by atoms with Gasteiger partial charge in [0, 0.05) is 11.5 Å². The lowest BCUT2D eigenvalue weighted by Crippen LogP contribution is -2.29. The lowest BCUT2D eigenvalue weighted by Gasteiger charge is -2.15. The number of carbonyl (C=O) groups excluding carboxylic acids is 1. The van der Waals surface area contributed by atoms with Gasteiger partial charge in [0.2, 0.25) is 5.88 Å². The van der Waals surface area contributed by atoms with Crippen molar-refractivity contribution in [3.05, 3.63) is 36.4 Å². The second-order valence-corrected chi connectivity index (χ2v) is 4.11. The molecule has 1 aromatic carbocycles. The maximum atomic E-state index is 11.7. The van der Waals surface area contributed by atoms with Crippen LogP contribution in [0.1, 0.15) is 20.3 Å². The topological polar surface area (TPSA) is 48.4 Å². The van der Waals surface area contributed by atoms with Gasteiger partial charge < -0.3 is 9.47 Å². The third kappa shape index (κ3) is 3.22. The molecule has 0 bridgehead atoms. The van der Waals surface area contributed by atoms with Crippen LogP contribution < -0.4 is 4.74 Å². The third-order valence-corrected chi connectivity index (χ3v) is 2.76. The van der Waals surface area contributed by atoms with Gasteiger partial charge in [-0.2, -0.15) is 0 Å². The molecule has 2 aromatic rings. The molecule has 0 aliphatic rings. The first-order valence-electron chi connectivity index (χ1n) is 6.43. The zero-order valence-corrected chi connectivity index (χ0v) is 11.1. The maximum Gasteiger partial charge on any atom is 0.347 e. The van der Waals surface area contributed by atoms with Gasteiger partial charge in [-0.3, -0.25) is 0 Å². The number of ether oxygens (including phenoxy) is 2. The van der Waals surface area contributed by atoms with E-state index in [9.17, 15) is 4.79 Å². The Morgan fingerprint density at radius 1 is 1.21 bits per heavy atom. The summed E-state index contributed by atoms with van der Waals surface area (Å²) in [6, 6.07) is 11.5. The van der Waals surface area contributed by atoms with E-state index in [2.05, 4.69) is 4.98 Å². The van der Waals surface area contributed by atoms with Crippen LogP contribution in [0.4, 0.5) is 0 Å². The Morgan fingerprint density at radius 3 is 2.74 bits per heavy atom. The summed E-state index contributed by atoms with van der Waals surface area (Å²) in [7, 11) is 0. The summed E-state index contributed by atoms with van der Waals surface area (Å²) < 4.78 is 10.6. The van der Waals surface area contributed by atoms with Gasteiger partial charge in [0.05, 0.1) is 12.1 Å². The number of rotatable bonds is 5. The first kappa shape index (κ1) is 13.3. The molecule has 0 radical (unpaired) electrons. The minimum Gasteiger partial charge on any atom is -0.463 e. The lowest BCUT2D eigenvalue weighted by atomic mass is 10.2. The summed E-state index contributed by atoms with van der Waals surface area (Å²) in [5.74, 6) is 0.0959. The minimum absolute atomic E-state index is 0.347. The minimum atomic E-state index is -0.603. The van der Waals surface area contributed by atoms with Crippen molar-refractivity contribution in [2.75, 3.05) is 6.61 Å². The number of esters is 1. The van der Waals surface area contributed by atoms with Crippen molar-refractivity contribution in [3.8, 4) is 5.88 Å². The monoisotopic (exact) mass is 259 g/mol. The molecule has 19 heavy (non-hydrogen) atoms. The van der Waals surface area contributed by atoms with Crippen molar-refractivity contribution in [1.29, 1.82) is 0 Å². The summed E-state index contributed by atoms with van der Waals surface area (Å²) in [5.41, 5.74) is 0.846. The highest BCUT2D eigenvalue weighted by Gasteiger charge is 2.20. The Balaban J connectivity index is 2.17. The Hall–Kier alpha value is -2.10. The molecule has 4 nitrogen and oxygen atoms in total. The molecule has 0 spiro atoms. The van der Waals surface area contributed by atoms with Gasteiger partial charge in [0.1, 0.15) is 0 Å². The summed E-state index contributed by atoms with van der Waals surface area (Å²) in [4.78, 5) is 16.0. The second-order valence-electron chi connectivity index (χ2n) is 4.11. The van der Waals surface area contributed by atoms with Crippen LogP contribution in [0.2, 0.25) is 0 Å². The van der Waals surface area contributed by atoms with Gasteiger partial charge in [0.15, 0.2) is 6.10 Å². The number of aromatic nitrogens is 1. The predicted molar refractivity (Wildman–Crippen MR) is 73.1 cm³/mol. The fourth-order valence-corrected chi connectivity index (χ4v) is 1.79. The molecular formula is C15H17NO3. The first-order valence-corrected chi connectivity index (χ1v) is 6.43. The van der Waals surface area contributed by atoms with Crippen LogP contribution in [0.5, 0.6) is 5.88 Å². The Morgan fingerprint density at radius 2 is 2.00 bits per heavy atom. The van der Waals surface area contributed by atoms with Crippen molar-refractivity contribution >= 4 is 16.9 Å². The van der Waals surface area contributed by atoms with Crippen LogP contribution in [0.25, 0.3) is 10.9 Å². The van der Waals surface area contributed by atoms with E-state index >= 15 is 0 Å². The average molecular weight is 259 g/mol. The number of hydrogen-bond donors (Lipinski definition) is 0. The van der Waals surface area contributed by atoms with E-state index < -0.39 is 6.10 Å². The molecule has 1 aromatic heterocycles. The summed E-state index contributed by atoms with van der Waals surface area (Å²) >= 11 is 0. The van der Waals surface area contributed by atoms with Crippen molar-refractivity contribution in [3.63, 3.8) is 0 Å². The molecule has 4 heteroatoms. The summed E-state index contributed by atoms with van der Waals surface area (Å²) in [5, 5.41) is 1.04. The number of carbonyl (C=O) groups is 1. The number of para-hydroxylation sites is 1. The molecule has 0 N–H and O–H groups in total. The van der Waals surface area contributed by atoms with Crippen molar-refractivity contribution in [1.82, 2.24) is 4.98 Å². The van der Waals surface area contributed by atoms with Gasteiger partial charge >= 0.3 is 5.97 Å². The van der Waals surface area contributed by atoms with E-state index in [-0.39, 0.29) is 5.97 Å². The highest BCUT2D eigenvalue weighted by molar-refractivity contribution is 5.79. The molecule has 0 aliphatic heterocycles. The van der Waals surface area contributed by atoms with Crippen LogP contribution in [-0.2, 0) is 9.53 Å². The van der Waals surface area contributed by atoms with Crippen LogP contribution in [-0.4, -0.2) is 23.7 Å². The zero-order valence-electron chi connectivity index (χ0n) is 11.1. The van der Waals surface area contributed by atoms with Crippen molar-refractivity contribution < 1.29 is 14.3 Å². The highest BCUT2D eigenvalue weighted by atomic mass is 16.6. The SMILES string of the molecule is CCOC(=O)C(CC)Oc1ccc2ccccc2n1. The second kappa shape index (κ2) is 6.18. The van der Waals surface area contributed by atoms with E-state index in [0.717, 1.165) is 10.9 Å². The smallest absolute Gasteiger partial charge is 0.347 e. The number of pyridine rings is 1. The maximum absolute atomic E-state index is 11.7. The molecule has 0 aliphatic carbocycles. The molecule has 1 atom stereocenters. The first-order chi connectivity index (χ1) is 9.24. The molecule has 2 rings (SSSR count). The fraction of sp³-hybridized carbons (Fsp3) is 0.333. The van der Waals surface area contributed by atoms with Crippen molar-refractivity contribution in [2.45, 2.75) is 26.4 Å². The molecule has 1 unspecified atom stereocenters. The zero-order chi connectivity index (χ0) is 13.7. The third-order valence-electron chi connectivity index (χ3n) is 2.76. The average Bonchev–Trinajstić information content (AvgIpc) is 2.44. The van der Waals surface area contributed by atoms with Crippen molar-refractivity contribution in [2.24, 2.45) is 0 Å². The molecule has 1 heterocycles. The molecular weight excluding hydrogens is 242 g/mol. The number of benzene rings is 1. The van der Waals surface area contributed by atoms with Gasteiger partial charge in [-0.05, 0) is 25.5 Å². The predicted octanol–water partition coefficient (Wildman–Crippen LogP) is 2.96. The van der Waals surface area contributed by atoms with Crippen LogP contribution in [0.15, 0.2) is 36.4 Å². The van der Waals surface area contributed by atoms with E-state index in [1.807, 2.05) is 37.3 Å². The quantitative estimate of drug-likeness (QED) is 0.774. The number of nitrogens with zero attached hydrogens (tertiary/aromatic N) is 1. The largest absolute Gasteiger partial charge is 0.463 e. The summed E-state index contributed by atoms with van der Waals surface area (Å²) in [6.07, 6.45) is -0.0542. The Kier molecular flexibility index (Phi) is 4.34. The highest BCUT2D eigenvalue weighted by Crippen LogP contribution is 2.18. The van der Waals surface area contributed by atoms with Crippen LogP contribution in [0.3, 0.4) is 0 Å². The lowest BCUT2D eigenvalue weighted by molar-refractivity contribution is -0.151. The standard InChI is InChI=1S/C15H17NO3/c1-3-13(15(17)18-4-2)19-14-10-9-11-7-5-6-8-12(11)16-14/h5-10,13H,3-4H2,1-2H3. The van der Waals surface area contributed by atoms with E-state index in [0.29, 0.717) is 18.9 Å². The molecule has 0 saturated heterocycles. The normalized spacial score (nSPS) is 12.1. The summed E-state index contributed by atoms with van der Waals surface area (Å²) in [6.45, 7) is 4.01. The van der Waals surface area contributed by atoms with E-state index in [1.54, 1.807) is 13.0 Å². The number of hydrogen-bond acceptors (Lipinski definition) is 4. The molecule has 0 saturated carbocycles. The fourth-order valence-electron chi connectivity index (χ4n) is 1.79. The van der Waals surface area contributed by atoms with Crippen LogP contribution in [0, 0.1) is 0 Å². The Bertz CT molecular complexity index is 568. The van der Waals surface area contributed by atoms with Gasteiger partial charge in [-0.15, -0.1) is 0 Å².